The highest BCUT2D eigenvalue weighted by atomic mass is 32.2. The van der Waals surface area contributed by atoms with Gasteiger partial charge in [0, 0.05) is 56.8 Å². The Morgan fingerprint density at radius 3 is 1.87 bits per heavy atom. The first kappa shape index (κ1) is 47.8. The number of hydrogen-bond acceptors (Lipinski definition) is 10. The third-order valence-corrected chi connectivity index (χ3v) is 10.4. The monoisotopic (exact) mass is 870 g/mol. The van der Waals surface area contributed by atoms with E-state index >= 15 is 0 Å². The zero-order valence-electron chi connectivity index (χ0n) is 33.5. The van der Waals surface area contributed by atoms with E-state index in [1.54, 1.807) is 45.7 Å². The van der Waals surface area contributed by atoms with Crippen molar-refractivity contribution in [2.75, 3.05) is 26.2 Å². The number of aliphatic hydroxyl groups excluding tert-OH is 2. The Kier molecular flexibility index (Phi) is 17.3. The number of carbonyl (C=O) groups is 3. The van der Waals surface area contributed by atoms with Crippen molar-refractivity contribution < 1.29 is 52.4 Å². The molecule has 326 valence electrons. The van der Waals surface area contributed by atoms with Gasteiger partial charge in [-0.15, -0.1) is 0 Å². The minimum Gasteiger partial charge on any atom is -0.479 e. The largest absolute Gasteiger partial charge is 0.479 e. The van der Waals surface area contributed by atoms with Crippen LogP contribution < -0.4 is 5.56 Å². The molecule has 61 heavy (non-hydrogen) atoms. The number of aliphatic carboxylic acids is 2. The molecular formula is C42H46F4N6O8S. The lowest BCUT2D eigenvalue weighted by atomic mass is 10.0. The number of benzene rings is 3. The van der Waals surface area contributed by atoms with Crippen LogP contribution in [0.25, 0.3) is 11.1 Å². The predicted molar refractivity (Wildman–Crippen MR) is 218 cm³/mol. The lowest BCUT2D eigenvalue weighted by molar-refractivity contribution is -0.165. The lowest BCUT2D eigenvalue weighted by Crippen LogP contribution is -2.40. The van der Waals surface area contributed by atoms with Crippen LogP contribution in [0.1, 0.15) is 41.7 Å². The molecule has 0 bridgehead atoms. The van der Waals surface area contributed by atoms with E-state index in [1.165, 1.54) is 36.0 Å². The van der Waals surface area contributed by atoms with Gasteiger partial charge in [-0.2, -0.15) is 23.3 Å². The van der Waals surface area contributed by atoms with Crippen molar-refractivity contribution >= 4 is 29.6 Å². The van der Waals surface area contributed by atoms with Gasteiger partial charge in [0.2, 0.25) is 5.91 Å². The number of likely N-dealkylation sites (N-methyl/N-ethyl adjacent to an activating group) is 1. The molecule has 4 N–H and O–H groups in total. The van der Waals surface area contributed by atoms with Crippen LogP contribution in [0, 0.1) is 5.82 Å². The van der Waals surface area contributed by atoms with Crippen LogP contribution in [0.4, 0.5) is 17.6 Å². The van der Waals surface area contributed by atoms with Gasteiger partial charge >= 0.3 is 18.1 Å². The summed E-state index contributed by atoms with van der Waals surface area (Å²) >= 11 is 1.30. The maximum Gasteiger partial charge on any atom is 0.416 e. The van der Waals surface area contributed by atoms with Crippen molar-refractivity contribution in [2.24, 2.45) is 7.05 Å². The highest BCUT2D eigenvalue weighted by Gasteiger charge is 2.30. The number of halogens is 4. The molecular weight excluding hydrogens is 825 g/mol. The van der Waals surface area contributed by atoms with E-state index in [2.05, 4.69) is 28.8 Å². The molecule has 19 heteroatoms. The molecule has 0 saturated carbocycles. The van der Waals surface area contributed by atoms with E-state index in [0.717, 1.165) is 47.5 Å². The van der Waals surface area contributed by atoms with Crippen molar-refractivity contribution in [2.45, 2.75) is 62.7 Å². The Morgan fingerprint density at radius 2 is 1.36 bits per heavy atom. The summed E-state index contributed by atoms with van der Waals surface area (Å²) in [6.07, 6.45) is -3.44. The maximum atomic E-state index is 14.2. The first-order valence-corrected chi connectivity index (χ1v) is 19.9. The summed E-state index contributed by atoms with van der Waals surface area (Å²) in [5, 5.41) is 37.1. The highest BCUT2D eigenvalue weighted by molar-refractivity contribution is 7.98. The molecule has 14 nitrogen and oxygen atoms in total. The van der Waals surface area contributed by atoms with E-state index in [4.69, 9.17) is 20.4 Å². The van der Waals surface area contributed by atoms with E-state index < -0.39 is 41.4 Å². The molecule has 1 amide bonds. The number of carbonyl (C=O) groups excluding carboxylic acids is 1. The van der Waals surface area contributed by atoms with E-state index in [9.17, 15) is 36.7 Å². The van der Waals surface area contributed by atoms with Crippen LogP contribution in [-0.4, -0.2) is 106 Å². The summed E-state index contributed by atoms with van der Waals surface area (Å²) in [4.78, 5) is 55.3. The molecule has 2 aromatic heterocycles. The molecule has 2 unspecified atom stereocenters. The number of carboxylic acid groups (broad SMARTS) is 2. The van der Waals surface area contributed by atoms with E-state index in [1.807, 2.05) is 30.5 Å². The van der Waals surface area contributed by atoms with Gasteiger partial charge in [-0.1, -0.05) is 74.1 Å². The molecule has 5 aromatic rings. The molecule has 2 atom stereocenters. The molecule has 5 rings (SSSR count). The number of thioether (sulfide) groups is 1. The summed E-state index contributed by atoms with van der Waals surface area (Å²) in [5.41, 5.74) is 3.28. The van der Waals surface area contributed by atoms with Gasteiger partial charge in [-0.25, -0.2) is 14.0 Å². The van der Waals surface area contributed by atoms with Crippen LogP contribution in [0.3, 0.4) is 0 Å². The number of rotatable bonds is 18. The van der Waals surface area contributed by atoms with Crippen LogP contribution in [0.2, 0.25) is 0 Å². The smallest absolute Gasteiger partial charge is 0.416 e. The average Bonchev–Trinajstić information content (AvgIpc) is 3.65. The molecule has 0 saturated heterocycles. The van der Waals surface area contributed by atoms with Crippen molar-refractivity contribution in [1.82, 2.24) is 29.1 Å². The Bertz CT molecular complexity index is 2270. The quantitative estimate of drug-likeness (QED) is 0.0529. The second-order valence-corrected chi connectivity index (χ2v) is 14.7. The van der Waals surface area contributed by atoms with Crippen LogP contribution in [0.5, 0.6) is 0 Å². The van der Waals surface area contributed by atoms with Gasteiger partial charge in [0.25, 0.3) is 5.56 Å². The second kappa shape index (κ2) is 22.1. The Balaban J connectivity index is 0.000000727. The maximum absolute atomic E-state index is 14.2. The summed E-state index contributed by atoms with van der Waals surface area (Å²) < 4.78 is 56.1. The minimum absolute atomic E-state index is 0.0685. The normalized spacial score (nSPS) is 12.4. The summed E-state index contributed by atoms with van der Waals surface area (Å²) in [5.74, 6) is -3.64. The van der Waals surface area contributed by atoms with Gasteiger partial charge < -0.3 is 34.8 Å². The third-order valence-electron chi connectivity index (χ3n) is 9.38. The van der Waals surface area contributed by atoms with Crippen LogP contribution >= 0.6 is 11.8 Å². The minimum atomic E-state index is -4.40. The molecule has 0 spiro atoms. The van der Waals surface area contributed by atoms with Gasteiger partial charge in [0.05, 0.1) is 11.8 Å². The number of amides is 1. The SMILES string of the molecule is CCN(CC)CCN(Cc1ccc(-c2ccc(C(F)(F)F)cc2)cc1)C(=O)Cn1cc(Cc2cnn(C)c2)c(=O)nc1SCc1ccc(F)cc1.O=C(O)C(O)C(O)C(=O)O. The molecule has 2 heterocycles. The standard InChI is InChI=1S/C38H40F4N6O2S.C4H6O6/c1-4-46(5-2)18-19-47(23-27-6-10-30(11-7-27)31-12-14-33(15-13-31)38(40,41)42)35(49)25-48-24-32(20-29-21-43-45(3)22-29)36(50)44-37(48)51-26-28-8-16-34(39)17-9-28;5-1(3(7)8)2(6)4(9)10/h6-17,21-22,24H,4-5,18-20,23,25-26H2,1-3H3;1-2,5-6H,(H,7,8)(H,9,10). The number of aromatic nitrogens is 4. The van der Waals surface area contributed by atoms with Gasteiger partial charge in [0.15, 0.2) is 17.4 Å². The summed E-state index contributed by atoms with van der Waals surface area (Å²) in [7, 11) is 1.79. The second-order valence-electron chi connectivity index (χ2n) is 13.8. The highest BCUT2D eigenvalue weighted by Crippen LogP contribution is 2.31. The van der Waals surface area contributed by atoms with Gasteiger partial charge in [-0.3, -0.25) is 14.3 Å². The summed E-state index contributed by atoms with van der Waals surface area (Å²) in [6.45, 7) is 7.13. The van der Waals surface area contributed by atoms with Gasteiger partial charge in [0.1, 0.15) is 12.4 Å². The number of alkyl halides is 3. The number of hydrogen-bond donors (Lipinski definition) is 4. The Hall–Kier alpha value is -5.89. The first-order valence-electron chi connectivity index (χ1n) is 18.9. The molecule has 0 aliphatic carbocycles. The van der Waals surface area contributed by atoms with Gasteiger partial charge in [-0.05, 0) is 65.2 Å². The molecule has 3 aromatic carbocycles. The Labute approximate surface area is 352 Å². The topological polar surface area (TPSA) is 191 Å². The number of aryl methyl sites for hydroxylation is 1. The molecule has 0 aliphatic heterocycles. The fourth-order valence-electron chi connectivity index (χ4n) is 5.87. The van der Waals surface area contributed by atoms with Crippen LogP contribution in [-0.2, 0) is 52.9 Å². The zero-order chi connectivity index (χ0) is 44.9. The number of aliphatic hydroxyl groups is 2. The van der Waals surface area contributed by atoms with Crippen molar-refractivity contribution in [1.29, 1.82) is 0 Å². The van der Waals surface area contributed by atoms with E-state index in [0.29, 0.717) is 48.1 Å². The predicted octanol–water partition coefficient (Wildman–Crippen LogP) is 4.93. The first-order chi connectivity index (χ1) is 28.9. The average molecular weight is 871 g/mol. The van der Waals surface area contributed by atoms with Crippen molar-refractivity contribution in [3.8, 4) is 11.1 Å². The van der Waals surface area contributed by atoms with E-state index in [-0.39, 0.29) is 18.3 Å². The molecule has 0 aliphatic rings. The molecule has 0 fully saturated rings. The lowest BCUT2D eigenvalue weighted by Gasteiger charge is -2.27. The number of carboxylic acids is 2. The Morgan fingerprint density at radius 1 is 0.803 bits per heavy atom. The van der Waals surface area contributed by atoms with Crippen LogP contribution in [0.15, 0.2) is 101 Å². The van der Waals surface area contributed by atoms with Crippen molar-refractivity contribution in [3.63, 3.8) is 0 Å². The molecule has 0 radical (unpaired) electrons. The fraction of sp³-hybridized carbons (Fsp3) is 0.333. The van der Waals surface area contributed by atoms with Crippen molar-refractivity contribution in [3.05, 3.63) is 135 Å². The zero-order valence-corrected chi connectivity index (χ0v) is 34.3. The summed E-state index contributed by atoms with van der Waals surface area (Å²) in [6, 6.07) is 18.6. The number of nitrogens with zero attached hydrogens (tertiary/aromatic N) is 6. The third kappa shape index (κ3) is 14.4. The fourth-order valence-corrected chi connectivity index (χ4v) is 6.79.